The third-order valence-electron chi connectivity index (χ3n) is 11.6. The molecular formula is C52H34N4. The Morgan fingerprint density at radius 2 is 0.625 bits per heavy atom. The summed E-state index contributed by atoms with van der Waals surface area (Å²) in [5.74, 6) is 0. The Balaban J connectivity index is 1.05. The van der Waals surface area contributed by atoms with Crippen LogP contribution in [0.3, 0.4) is 0 Å². The summed E-state index contributed by atoms with van der Waals surface area (Å²) in [6, 6.07) is 75.0. The molecule has 0 fully saturated rings. The standard InChI is InChI=1S/C52H34N4/c1-3-11-35(12-4-1)37-19-25-43(26-20-37)53-47-29-23-40(32-50(47)56-46-18-10-8-16-42(46)33-51(53)56)39-24-30-48-49(31-39)54(52-34-41-15-7-9-17-45(41)55(48)52)44-27-21-38(22-28-44)36-13-5-2-6-14-36/h1-34H. The Bertz CT molecular complexity index is 3430. The lowest BCUT2D eigenvalue weighted by Crippen LogP contribution is -1.94. The number of benzene rings is 8. The highest BCUT2D eigenvalue weighted by molar-refractivity contribution is 6.00. The number of fused-ring (bicyclic) bond motifs is 10. The fourth-order valence-electron chi connectivity index (χ4n) is 8.91. The average Bonchev–Trinajstić information content (AvgIpc) is 4.00. The largest absolute Gasteiger partial charge is 0.294 e. The summed E-state index contributed by atoms with van der Waals surface area (Å²) in [5.41, 5.74) is 18.9. The van der Waals surface area contributed by atoms with Gasteiger partial charge >= 0.3 is 0 Å². The number of imidazole rings is 2. The molecule has 0 saturated heterocycles. The van der Waals surface area contributed by atoms with Gasteiger partial charge in [0.2, 0.25) is 0 Å². The molecule has 0 bridgehead atoms. The molecule has 8 aromatic carbocycles. The molecule has 4 heteroatoms. The summed E-state index contributed by atoms with van der Waals surface area (Å²) in [6.45, 7) is 0. The Labute approximate surface area is 323 Å². The predicted octanol–water partition coefficient (Wildman–Crippen LogP) is 13.4. The van der Waals surface area contributed by atoms with E-state index in [-0.39, 0.29) is 0 Å². The Kier molecular flexibility index (Phi) is 6.60. The monoisotopic (exact) mass is 714 g/mol. The molecule has 56 heavy (non-hydrogen) atoms. The van der Waals surface area contributed by atoms with Crippen molar-refractivity contribution in [2.24, 2.45) is 0 Å². The van der Waals surface area contributed by atoms with Gasteiger partial charge < -0.3 is 0 Å². The second-order valence-corrected chi connectivity index (χ2v) is 14.7. The molecule has 0 spiro atoms. The summed E-state index contributed by atoms with van der Waals surface area (Å²) >= 11 is 0. The summed E-state index contributed by atoms with van der Waals surface area (Å²) in [5, 5.41) is 2.46. The first kappa shape index (κ1) is 30.9. The van der Waals surface area contributed by atoms with Crippen molar-refractivity contribution < 1.29 is 0 Å². The van der Waals surface area contributed by atoms with Crippen molar-refractivity contribution >= 4 is 55.2 Å². The minimum absolute atomic E-state index is 1.14. The van der Waals surface area contributed by atoms with Crippen molar-refractivity contribution in [3.05, 3.63) is 206 Å². The van der Waals surface area contributed by atoms with Gasteiger partial charge in [-0.2, -0.15) is 0 Å². The summed E-state index contributed by atoms with van der Waals surface area (Å²) in [7, 11) is 0. The van der Waals surface area contributed by atoms with Crippen LogP contribution < -0.4 is 0 Å². The molecule has 0 aliphatic carbocycles. The molecule has 12 rings (SSSR count). The zero-order valence-electron chi connectivity index (χ0n) is 30.4. The number of rotatable bonds is 5. The maximum atomic E-state index is 2.42. The second-order valence-electron chi connectivity index (χ2n) is 14.7. The van der Waals surface area contributed by atoms with Crippen LogP contribution in [0.5, 0.6) is 0 Å². The van der Waals surface area contributed by atoms with Crippen molar-refractivity contribution in [2.45, 2.75) is 0 Å². The molecule has 0 unspecified atom stereocenters. The zero-order valence-corrected chi connectivity index (χ0v) is 30.4. The van der Waals surface area contributed by atoms with Crippen molar-refractivity contribution in [1.82, 2.24) is 17.9 Å². The van der Waals surface area contributed by atoms with Gasteiger partial charge in [-0.25, -0.2) is 0 Å². The molecule has 12 aromatic rings. The SMILES string of the molecule is c1ccc(-c2ccc(-n3c4cc(-c5ccc6c(c5)n5c7ccccc7cc5n6-c5ccc(-c6ccccc6)cc5)ccc4n4c5ccccc5cc34)cc2)cc1. The van der Waals surface area contributed by atoms with Gasteiger partial charge in [-0.05, 0) is 106 Å². The van der Waals surface area contributed by atoms with E-state index in [4.69, 9.17) is 0 Å². The highest BCUT2D eigenvalue weighted by Crippen LogP contribution is 2.38. The van der Waals surface area contributed by atoms with Gasteiger partial charge in [-0.15, -0.1) is 0 Å². The minimum atomic E-state index is 1.14. The molecular weight excluding hydrogens is 681 g/mol. The van der Waals surface area contributed by atoms with Crippen LogP contribution >= 0.6 is 0 Å². The molecule has 0 aliphatic rings. The molecule has 0 radical (unpaired) electrons. The lowest BCUT2D eigenvalue weighted by molar-refractivity contribution is 1.15. The molecule has 4 nitrogen and oxygen atoms in total. The maximum Gasteiger partial charge on any atom is 0.123 e. The number of hydrogen-bond donors (Lipinski definition) is 0. The van der Waals surface area contributed by atoms with Crippen molar-refractivity contribution in [1.29, 1.82) is 0 Å². The highest BCUT2D eigenvalue weighted by Gasteiger charge is 2.19. The highest BCUT2D eigenvalue weighted by atomic mass is 15.1. The van der Waals surface area contributed by atoms with E-state index >= 15 is 0 Å². The maximum absolute atomic E-state index is 2.42. The van der Waals surface area contributed by atoms with Gasteiger partial charge in [-0.3, -0.25) is 17.9 Å². The first-order valence-corrected chi connectivity index (χ1v) is 19.2. The van der Waals surface area contributed by atoms with E-state index in [2.05, 4.69) is 224 Å². The lowest BCUT2D eigenvalue weighted by Gasteiger charge is -2.10. The first-order chi connectivity index (χ1) is 27.8. The van der Waals surface area contributed by atoms with Gasteiger partial charge in [-0.1, -0.05) is 133 Å². The van der Waals surface area contributed by atoms with Crippen LogP contribution in [0, 0.1) is 0 Å². The summed E-state index contributed by atoms with van der Waals surface area (Å²) < 4.78 is 9.64. The fourth-order valence-corrected chi connectivity index (χ4v) is 8.91. The van der Waals surface area contributed by atoms with E-state index in [0.717, 1.165) is 22.7 Å². The topological polar surface area (TPSA) is 18.7 Å². The zero-order chi connectivity index (χ0) is 36.7. The van der Waals surface area contributed by atoms with Crippen LogP contribution in [-0.2, 0) is 0 Å². The number of para-hydroxylation sites is 2. The van der Waals surface area contributed by atoms with Crippen LogP contribution in [0.4, 0.5) is 0 Å². The van der Waals surface area contributed by atoms with Crippen molar-refractivity contribution in [3.8, 4) is 44.8 Å². The van der Waals surface area contributed by atoms with Gasteiger partial charge in [0.25, 0.3) is 0 Å². The molecule has 0 atom stereocenters. The smallest absolute Gasteiger partial charge is 0.123 e. The second kappa shape index (κ2) is 12.0. The van der Waals surface area contributed by atoms with Gasteiger partial charge in [0.05, 0.1) is 33.1 Å². The van der Waals surface area contributed by atoms with Crippen LogP contribution in [0.1, 0.15) is 0 Å². The lowest BCUT2D eigenvalue weighted by atomic mass is 10.0. The van der Waals surface area contributed by atoms with E-state index in [0.29, 0.717) is 0 Å². The molecule has 4 aromatic heterocycles. The van der Waals surface area contributed by atoms with Crippen LogP contribution in [0.25, 0.3) is 99.9 Å². The van der Waals surface area contributed by atoms with E-state index in [1.807, 2.05) is 0 Å². The Hall–Kier alpha value is -7.56. The van der Waals surface area contributed by atoms with E-state index in [1.54, 1.807) is 0 Å². The van der Waals surface area contributed by atoms with E-state index in [1.165, 1.54) is 77.3 Å². The third-order valence-corrected chi connectivity index (χ3v) is 11.6. The predicted molar refractivity (Wildman–Crippen MR) is 233 cm³/mol. The number of nitrogens with zero attached hydrogens (tertiary/aromatic N) is 4. The molecule has 0 saturated carbocycles. The van der Waals surface area contributed by atoms with Crippen LogP contribution in [0.15, 0.2) is 206 Å². The van der Waals surface area contributed by atoms with Crippen LogP contribution in [-0.4, -0.2) is 17.9 Å². The summed E-state index contributed by atoms with van der Waals surface area (Å²) in [4.78, 5) is 0. The van der Waals surface area contributed by atoms with E-state index in [9.17, 15) is 0 Å². The Morgan fingerprint density at radius 3 is 1.16 bits per heavy atom. The molecule has 0 N–H and O–H groups in total. The molecule has 0 amide bonds. The molecule has 262 valence electrons. The quantitative estimate of drug-likeness (QED) is 0.169. The molecule has 0 aliphatic heterocycles. The normalized spacial score (nSPS) is 11.9. The number of hydrogen-bond acceptors (Lipinski definition) is 0. The van der Waals surface area contributed by atoms with Gasteiger partial charge in [0.1, 0.15) is 11.3 Å². The van der Waals surface area contributed by atoms with Crippen molar-refractivity contribution in [2.75, 3.05) is 0 Å². The van der Waals surface area contributed by atoms with E-state index < -0.39 is 0 Å². The fraction of sp³-hybridized carbons (Fsp3) is 0. The van der Waals surface area contributed by atoms with Crippen LogP contribution in [0.2, 0.25) is 0 Å². The Morgan fingerprint density at radius 1 is 0.232 bits per heavy atom. The van der Waals surface area contributed by atoms with Gasteiger partial charge in [0.15, 0.2) is 0 Å². The average molecular weight is 715 g/mol. The first-order valence-electron chi connectivity index (χ1n) is 19.2. The van der Waals surface area contributed by atoms with Crippen molar-refractivity contribution in [3.63, 3.8) is 0 Å². The minimum Gasteiger partial charge on any atom is -0.294 e. The summed E-state index contributed by atoms with van der Waals surface area (Å²) in [6.07, 6.45) is 0. The van der Waals surface area contributed by atoms with Gasteiger partial charge in [0, 0.05) is 22.1 Å². The molecule has 4 heterocycles. The third kappa shape index (κ3) is 4.60. The number of aromatic nitrogens is 4.